The Hall–Kier alpha value is -1.32. The molecule has 0 spiro atoms. The van der Waals surface area contributed by atoms with Gasteiger partial charge in [-0.25, -0.2) is 9.59 Å². The first-order chi connectivity index (χ1) is 8.96. The molecule has 0 atom stereocenters. The second-order valence-corrected chi connectivity index (χ2v) is 6.69. The van der Waals surface area contributed by atoms with Crippen molar-refractivity contribution in [2.75, 3.05) is 13.2 Å². The van der Waals surface area contributed by atoms with Crippen molar-refractivity contribution < 1.29 is 19.1 Å². The maximum Gasteiger partial charge on any atom is 0.335 e. The van der Waals surface area contributed by atoms with Crippen LogP contribution in [-0.2, 0) is 19.1 Å². The lowest BCUT2D eigenvalue weighted by molar-refractivity contribution is -0.143. The fraction of sp³-hybridized carbons (Fsp3) is 0.750. The van der Waals surface area contributed by atoms with Gasteiger partial charge in [-0.3, -0.25) is 0 Å². The predicted molar refractivity (Wildman–Crippen MR) is 79.2 cm³/mol. The van der Waals surface area contributed by atoms with Gasteiger partial charge < -0.3 is 9.47 Å². The summed E-state index contributed by atoms with van der Waals surface area (Å²) in [6.45, 7) is 15.4. The van der Waals surface area contributed by atoms with Crippen molar-refractivity contribution >= 4 is 11.9 Å². The minimum absolute atomic E-state index is 0.276. The van der Waals surface area contributed by atoms with Crippen LogP contribution in [0.25, 0.3) is 0 Å². The molecule has 0 unspecified atom stereocenters. The highest BCUT2D eigenvalue weighted by Crippen LogP contribution is 2.37. The maximum absolute atomic E-state index is 12.3. The van der Waals surface area contributed by atoms with E-state index in [0.717, 1.165) is 0 Å². The molecule has 0 aliphatic heterocycles. The van der Waals surface area contributed by atoms with E-state index >= 15 is 0 Å². The van der Waals surface area contributed by atoms with E-state index in [-0.39, 0.29) is 13.2 Å². The third kappa shape index (κ3) is 4.99. The highest BCUT2D eigenvalue weighted by molar-refractivity contribution is 6.02. The Kier molecular flexibility index (Phi) is 6.45. The summed E-state index contributed by atoms with van der Waals surface area (Å²) in [6.07, 6.45) is 0. The van der Waals surface area contributed by atoms with Gasteiger partial charge in [-0.2, -0.15) is 0 Å². The van der Waals surface area contributed by atoms with E-state index in [1.54, 1.807) is 13.8 Å². The van der Waals surface area contributed by atoms with Crippen LogP contribution in [0.4, 0.5) is 0 Å². The van der Waals surface area contributed by atoms with Crippen LogP contribution in [0.3, 0.4) is 0 Å². The molecule has 0 N–H and O–H groups in total. The lowest BCUT2D eigenvalue weighted by Gasteiger charge is -2.30. The Morgan fingerprint density at radius 3 is 1.10 bits per heavy atom. The summed E-state index contributed by atoms with van der Waals surface area (Å²) in [5.74, 6) is -0.893. The van der Waals surface area contributed by atoms with Gasteiger partial charge in [0.25, 0.3) is 0 Å². The zero-order chi connectivity index (χ0) is 16.1. The Morgan fingerprint density at radius 1 is 0.700 bits per heavy atom. The molecule has 0 rings (SSSR count). The molecule has 0 aliphatic rings. The van der Waals surface area contributed by atoms with Gasteiger partial charge in [-0.1, -0.05) is 41.5 Å². The van der Waals surface area contributed by atoms with Crippen LogP contribution in [0.5, 0.6) is 0 Å². The summed E-state index contributed by atoms with van der Waals surface area (Å²) in [6, 6.07) is 0. The molecule has 0 saturated heterocycles. The zero-order valence-corrected chi connectivity index (χ0v) is 14.0. The van der Waals surface area contributed by atoms with Crippen molar-refractivity contribution in [3.05, 3.63) is 11.1 Å². The van der Waals surface area contributed by atoms with Crippen LogP contribution in [0.15, 0.2) is 11.1 Å². The summed E-state index contributed by atoms with van der Waals surface area (Å²) in [5.41, 5.74) is -0.209. The standard InChI is InChI=1S/C16H28O4/c1-9-19-13(17)11(15(3,4)5)12(16(6,7)8)14(18)20-10-2/h9-10H2,1-8H3/b12-11-. The maximum atomic E-state index is 12.3. The third-order valence-electron chi connectivity index (χ3n) is 2.71. The summed E-state index contributed by atoms with van der Waals surface area (Å²) < 4.78 is 10.3. The molecule has 20 heavy (non-hydrogen) atoms. The minimum Gasteiger partial charge on any atom is -0.463 e. The van der Waals surface area contributed by atoms with Crippen LogP contribution in [0.2, 0.25) is 0 Å². The number of carbonyl (C=O) groups is 2. The molecule has 0 saturated carbocycles. The van der Waals surface area contributed by atoms with E-state index in [9.17, 15) is 9.59 Å². The Labute approximate surface area is 122 Å². The van der Waals surface area contributed by atoms with Gasteiger partial charge in [0.05, 0.1) is 24.4 Å². The average Bonchev–Trinajstić information content (AvgIpc) is 2.22. The van der Waals surface area contributed by atoms with Crippen LogP contribution in [-0.4, -0.2) is 25.2 Å². The van der Waals surface area contributed by atoms with Crippen LogP contribution in [0.1, 0.15) is 55.4 Å². The first-order valence-electron chi connectivity index (χ1n) is 7.06. The monoisotopic (exact) mass is 284 g/mol. The molecule has 0 amide bonds. The molecule has 0 bridgehead atoms. The fourth-order valence-corrected chi connectivity index (χ4v) is 1.97. The van der Waals surface area contributed by atoms with Crippen LogP contribution >= 0.6 is 0 Å². The largest absolute Gasteiger partial charge is 0.463 e. The average molecular weight is 284 g/mol. The fourth-order valence-electron chi connectivity index (χ4n) is 1.97. The van der Waals surface area contributed by atoms with Gasteiger partial charge in [0.15, 0.2) is 0 Å². The number of hydrogen-bond acceptors (Lipinski definition) is 4. The molecule has 0 heterocycles. The van der Waals surface area contributed by atoms with Gasteiger partial charge in [-0.15, -0.1) is 0 Å². The summed E-state index contributed by atoms with van der Waals surface area (Å²) in [5, 5.41) is 0. The van der Waals surface area contributed by atoms with Gasteiger partial charge in [0, 0.05) is 0 Å². The van der Waals surface area contributed by atoms with E-state index < -0.39 is 22.8 Å². The molecule has 4 nitrogen and oxygen atoms in total. The second-order valence-electron chi connectivity index (χ2n) is 6.69. The summed E-state index contributed by atoms with van der Waals surface area (Å²) in [7, 11) is 0. The smallest absolute Gasteiger partial charge is 0.335 e. The lowest BCUT2D eigenvalue weighted by atomic mass is 9.75. The topological polar surface area (TPSA) is 52.6 Å². The Balaban J connectivity index is 6.15. The molecular weight excluding hydrogens is 256 g/mol. The molecule has 0 fully saturated rings. The van der Waals surface area contributed by atoms with Crippen molar-refractivity contribution in [2.24, 2.45) is 10.8 Å². The van der Waals surface area contributed by atoms with Crippen LogP contribution in [0, 0.1) is 10.8 Å². The number of carbonyl (C=O) groups excluding carboxylic acids is 2. The molecular formula is C16H28O4. The van der Waals surface area contributed by atoms with E-state index in [1.165, 1.54) is 0 Å². The summed E-state index contributed by atoms with van der Waals surface area (Å²) >= 11 is 0. The van der Waals surface area contributed by atoms with Crippen molar-refractivity contribution in [3.8, 4) is 0 Å². The normalized spacial score (nSPS) is 13.6. The van der Waals surface area contributed by atoms with Crippen molar-refractivity contribution in [3.63, 3.8) is 0 Å². The molecule has 0 aromatic carbocycles. The molecule has 0 aromatic heterocycles. The Bertz CT molecular complexity index is 354. The Morgan fingerprint density at radius 2 is 0.950 bits per heavy atom. The van der Waals surface area contributed by atoms with Gasteiger partial charge >= 0.3 is 11.9 Å². The van der Waals surface area contributed by atoms with Gasteiger partial charge in [-0.05, 0) is 24.7 Å². The molecule has 4 heteroatoms. The second kappa shape index (κ2) is 6.91. The van der Waals surface area contributed by atoms with Crippen molar-refractivity contribution in [1.29, 1.82) is 0 Å². The van der Waals surface area contributed by atoms with E-state index in [0.29, 0.717) is 11.1 Å². The highest BCUT2D eigenvalue weighted by atomic mass is 16.5. The molecule has 0 aromatic rings. The highest BCUT2D eigenvalue weighted by Gasteiger charge is 2.37. The SMILES string of the molecule is CCOC(=O)/C(=C(\C(=O)OCC)C(C)(C)C)C(C)(C)C. The third-order valence-corrected chi connectivity index (χ3v) is 2.71. The predicted octanol–water partition coefficient (Wildman–Crippen LogP) is 3.50. The van der Waals surface area contributed by atoms with Gasteiger partial charge in [0.1, 0.15) is 0 Å². The molecule has 116 valence electrons. The molecule has 0 aliphatic carbocycles. The van der Waals surface area contributed by atoms with Crippen LogP contribution < -0.4 is 0 Å². The van der Waals surface area contributed by atoms with E-state index in [4.69, 9.17) is 9.47 Å². The number of esters is 2. The first kappa shape index (κ1) is 18.7. The van der Waals surface area contributed by atoms with Crippen molar-refractivity contribution in [2.45, 2.75) is 55.4 Å². The number of ether oxygens (including phenoxy) is 2. The number of rotatable bonds is 4. The first-order valence-corrected chi connectivity index (χ1v) is 7.06. The van der Waals surface area contributed by atoms with Crippen molar-refractivity contribution in [1.82, 2.24) is 0 Å². The van der Waals surface area contributed by atoms with E-state index in [2.05, 4.69) is 0 Å². The van der Waals surface area contributed by atoms with E-state index in [1.807, 2.05) is 41.5 Å². The van der Waals surface area contributed by atoms with Gasteiger partial charge in [0.2, 0.25) is 0 Å². The molecule has 0 radical (unpaired) electrons. The zero-order valence-electron chi connectivity index (χ0n) is 14.0. The number of hydrogen-bond donors (Lipinski definition) is 0. The summed E-state index contributed by atoms with van der Waals surface area (Å²) in [4.78, 5) is 24.6. The lowest BCUT2D eigenvalue weighted by Crippen LogP contribution is -2.31. The minimum atomic E-state index is -0.498. The quantitative estimate of drug-likeness (QED) is 0.585.